The number of hydrogen-bond donors (Lipinski definition) is 0. The van der Waals surface area contributed by atoms with Crippen LogP contribution in [-0.2, 0) is 28.6 Å². The predicted molar refractivity (Wildman–Crippen MR) is 215 cm³/mol. The molecule has 0 aromatic rings. The number of ether oxygens (including phenoxy) is 3. The van der Waals surface area contributed by atoms with Gasteiger partial charge in [-0.3, -0.25) is 14.4 Å². The van der Waals surface area contributed by atoms with Gasteiger partial charge in [-0.2, -0.15) is 0 Å². The number of rotatable bonds is 39. The van der Waals surface area contributed by atoms with E-state index >= 15 is 0 Å². The van der Waals surface area contributed by atoms with Gasteiger partial charge in [0.05, 0.1) is 0 Å². The summed E-state index contributed by atoms with van der Waals surface area (Å²) in [6.45, 7) is 11.2. The molecule has 0 saturated carbocycles. The van der Waals surface area contributed by atoms with Crippen molar-refractivity contribution in [2.75, 3.05) is 13.2 Å². The second-order valence-electron chi connectivity index (χ2n) is 16.3. The van der Waals surface area contributed by atoms with Gasteiger partial charge in [-0.25, -0.2) is 0 Å². The van der Waals surface area contributed by atoms with E-state index < -0.39 is 6.10 Å². The fraction of sp³-hybridized carbons (Fsp3) is 0.933. The summed E-state index contributed by atoms with van der Waals surface area (Å²) < 4.78 is 16.7. The summed E-state index contributed by atoms with van der Waals surface area (Å²) in [7, 11) is 0. The molecule has 302 valence electrons. The van der Waals surface area contributed by atoms with Crippen LogP contribution in [0.15, 0.2) is 0 Å². The van der Waals surface area contributed by atoms with E-state index in [1.165, 1.54) is 128 Å². The van der Waals surface area contributed by atoms with E-state index in [1.807, 2.05) is 0 Å². The first-order valence-electron chi connectivity index (χ1n) is 22.2. The van der Waals surface area contributed by atoms with Crippen LogP contribution in [-0.4, -0.2) is 37.2 Å². The van der Waals surface area contributed by atoms with Gasteiger partial charge < -0.3 is 14.2 Å². The van der Waals surface area contributed by atoms with Crippen molar-refractivity contribution < 1.29 is 28.6 Å². The van der Waals surface area contributed by atoms with Gasteiger partial charge in [-0.05, 0) is 31.1 Å². The van der Waals surface area contributed by atoms with Crippen LogP contribution in [0.2, 0.25) is 0 Å². The number of esters is 3. The largest absolute Gasteiger partial charge is 0.462 e. The molecule has 51 heavy (non-hydrogen) atoms. The van der Waals surface area contributed by atoms with E-state index in [0.29, 0.717) is 19.3 Å². The molecule has 0 amide bonds. The zero-order valence-electron chi connectivity index (χ0n) is 34.7. The lowest BCUT2D eigenvalue weighted by molar-refractivity contribution is -0.167. The standard InChI is InChI=1S/C45H86O6/c1-6-7-8-9-10-11-12-13-14-15-20-27-32-37-45(48)51-42(39-50-44(47)36-31-26-22-21-24-29-34-41(4)5)38-49-43(46)35-30-25-19-17-16-18-23-28-33-40(2)3/h40-42H,6-39H2,1-5H3/t42-/m1/s1. The average molecular weight is 723 g/mol. The first-order valence-corrected chi connectivity index (χ1v) is 22.2. The molecular weight excluding hydrogens is 636 g/mol. The molecule has 1 atom stereocenters. The van der Waals surface area contributed by atoms with E-state index in [4.69, 9.17) is 14.2 Å². The minimum Gasteiger partial charge on any atom is -0.462 e. The van der Waals surface area contributed by atoms with E-state index in [9.17, 15) is 14.4 Å². The number of hydrogen-bond acceptors (Lipinski definition) is 6. The molecule has 0 spiro atoms. The molecule has 6 heteroatoms. The molecular formula is C45H86O6. The third kappa shape index (κ3) is 39.5. The van der Waals surface area contributed by atoms with Gasteiger partial charge >= 0.3 is 17.9 Å². The van der Waals surface area contributed by atoms with E-state index in [0.717, 1.165) is 69.6 Å². The highest BCUT2D eigenvalue weighted by Crippen LogP contribution is 2.16. The maximum absolute atomic E-state index is 12.7. The topological polar surface area (TPSA) is 78.9 Å². The van der Waals surface area contributed by atoms with Crippen molar-refractivity contribution in [2.24, 2.45) is 11.8 Å². The number of carbonyl (C=O) groups is 3. The Morgan fingerprint density at radius 3 is 0.961 bits per heavy atom. The van der Waals surface area contributed by atoms with Gasteiger partial charge in [-0.1, -0.05) is 202 Å². The maximum atomic E-state index is 12.7. The molecule has 0 radical (unpaired) electrons. The van der Waals surface area contributed by atoms with Gasteiger partial charge in [0, 0.05) is 19.3 Å². The normalized spacial score (nSPS) is 12.1. The van der Waals surface area contributed by atoms with Gasteiger partial charge in [-0.15, -0.1) is 0 Å². The zero-order valence-corrected chi connectivity index (χ0v) is 34.7. The van der Waals surface area contributed by atoms with Crippen molar-refractivity contribution in [2.45, 2.75) is 246 Å². The maximum Gasteiger partial charge on any atom is 0.306 e. The number of carbonyl (C=O) groups excluding carboxylic acids is 3. The Hall–Kier alpha value is -1.59. The third-order valence-corrected chi connectivity index (χ3v) is 9.97. The van der Waals surface area contributed by atoms with Crippen LogP contribution in [0.3, 0.4) is 0 Å². The Kier molecular flexibility index (Phi) is 37.0. The highest BCUT2D eigenvalue weighted by atomic mass is 16.6. The van der Waals surface area contributed by atoms with Crippen LogP contribution in [0.1, 0.15) is 240 Å². The van der Waals surface area contributed by atoms with Crippen LogP contribution < -0.4 is 0 Å². The minimum absolute atomic E-state index is 0.0663. The Morgan fingerprint density at radius 1 is 0.373 bits per heavy atom. The van der Waals surface area contributed by atoms with Gasteiger partial charge in [0.15, 0.2) is 6.10 Å². The van der Waals surface area contributed by atoms with Crippen molar-refractivity contribution in [3.05, 3.63) is 0 Å². The van der Waals surface area contributed by atoms with Gasteiger partial charge in [0.1, 0.15) is 13.2 Å². The lowest BCUT2D eigenvalue weighted by Gasteiger charge is -2.18. The Morgan fingerprint density at radius 2 is 0.647 bits per heavy atom. The first-order chi connectivity index (χ1) is 24.7. The fourth-order valence-electron chi connectivity index (χ4n) is 6.58. The molecule has 0 N–H and O–H groups in total. The summed E-state index contributed by atoms with van der Waals surface area (Å²) in [6.07, 6.45) is 35.3. The molecule has 0 fully saturated rings. The van der Waals surface area contributed by atoms with Crippen LogP contribution in [0.5, 0.6) is 0 Å². The zero-order chi connectivity index (χ0) is 37.6. The van der Waals surface area contributed by atoms with E-state index in [2.05, 4.69) is 34.6 Å². The molecule has 0 unspecified atom stereocenters. The Bertz CT molecular complexity index is 779. The molecule has 0 aliphatic heterocycles. The van der Waals surface area contributed by atoms with E-state index in [-0.39, 0.29) is 31.1 Å². The van der Waals surface area contributed by atoms with Crippen molar-refractivity contribution in [1.29, 1.82) is 0 Å². The molecule has 0 aliphatic rings. The summed E-state index contributed by atoms with van der Waals surface area (Å²) in [6, 6.07) is 0. The highest BCUT2D eigenvalue weighted by Gasteiger charge is 2.19. The summed E-state index contributed by atoms with van der Waals surface area (Å²) in [5.41, 5.74) is 0. The minimum atomic E-state index is -0.760. The van der Waals surface area contributed by atoms with E-state index in [1.54, 1.807) is 0 Å². The molecule has 0 aromatic carbocycles. The fourth-order valence-corrected chi connectivity index (χ4v) is 6.58. The van der Waals surface area contributed by atoms with Crippen LogP contribution in [0.25, 0.3) is 0 Å². The lowest BCUT2D eigenvalue weighted by atomic mass is 10.0. The third-order valence-electron chi connectivity index (χ3n) is 9.97. The van der Waals surface area contributed by atoms with Crippen LogP contribution >= 0.6 is 0 Å². The Balaban J connectivity index is 4.33. The monoisotopic (exact) mass is 723 g/mol. The lowest BCUT2D eigenvalue weighted by Crippen LogP contribution is -2.30. The molecule has 6 nitrogen and oxygen atoms in total. The predicted octanol–water partition coefficient (Wildman–Crippen LogP) is 13.8. The SMILES string of the molecule is CCCCCCCCCCCCCCCC(=O)O[C@H](COC(=O)CCCCCCCCCCC(C)C)COC(=O)CCCCCCCCC(C)C. The van der Waals surface area contributed by atoms with Crippen molar-refractivity contribution in [1.82, 2.24) is 0 Å². The van der Waals surface area contributed by atoms with Crippen LogP contribution in [0.4, 0.5) is 0 Å². The highest BCUT2D eigenvalue weighted by molar-refractivity contribution is 5.71. The second-order valence-corrected chi connectivity index (χ2v) is 16.3. The summed E-state index contributed by atoms with van der Waals surface area (Å²) in [5, 5.41) is 0. The van der Waals surface area contributed by atoms with Gasteiger partial charge in [0.25, 0.3) is 0 Å². The molecule has 0 aliphatic carbocycles. The van der Waals surface area contributed by atoms with Gasteiger partial charge in [0.2, 0.25) is 0 Å². The molecule has 0 saturated heterocycles. The number of unbranched alkanes of at least 4 members (excludes halogenated alkanes) is 24. The summed E-state index contributed by atoms with van der Waals surface area (Å²) in [5.74, 6) is 0.695. The molecule has 0 bridgehead atoms. The molecule has 0 rings (SSSR count). The summed E-state index contributed by atoms with van der Waals surface area (Å²) >= 11 is 0. The quantitative estimate of drug-likeness (QED) is 0.0357. The molecule has 0 aromatic heterocycles. The first kappa shape index (κ1) is 49.4. The van der Waals surface area contributed by atoms with Crippen molar-refractivity contribution >= 4 is 17.9 Å². The smallest absolute Gasteiger partial charge is 0.306 e. The second kappa shape index (κ2) is 38.1. The summed E-state index contributed by atoms with van der Waals surface area (Å²) in [4.78, 5) is 37.6. The average Bonchev–Trinajstić information content (AvgIpc) is 3.09. The molecule has 0 heterocycles. The van der Waals surface area contributed by atoms with Crippen molar-refractivity contribution in [3.63, 3.8) is 0 Å². The van der Waals surface area contributed by atoms with Crippen LogP contribution in [0, 0.1) is 11.8 Å². The Labute approximate surface area is 317 Å². The van der Waals surface area contributed by atoms with Crippen molar-refractivity contribution in [3.8, 4) is 0 Å².